The number of nitrogens with zero attached hydrogens (tertiary/aromatic N) is 1. The van der Waals surface area contributed by atoms with Crippen LogP contribution in [0.5, 0.6) is 0 Å². The quantitative estimate of drug-likeness (QED) is 0.278. The van der Waals surface area contributed by atoms with Crippen LogP contribution in [0.25, 0.3) is 0 Å². The lowest BCUT2D eigenvalue weighted by Gasteiger charge is -1.92. The van der Waals surface area contributed by atoms with Gasteiger partial charge in [-0.05, 0) is 0 Å². The van der Waals surface area contributed by atoms with Gasteiger partial charge >= 0.3 is 0 Å². The van der Waals surface area contributed by atoms with Gasteiger partial charge in [0.05, 0.1) is 6.54 Å². The molecule has 0 spiro atoms. The molecule has 0 aromatic rings. The third-order valence-electron chi connectivity index (χ3n) is 0.481. The van der Waals surface area contributed by atoms with Gasteiger partial charge in [0.1, 0.15) is 6.67 Å². The van der Waals surface area contributed by atoms with Crippen molar-refractivity contribution in [2.75, 3.05) is 13.2 Å². The van der Waals surface area contributed by atoms with E-state index in [0.717, 1.165) is 0 Å². The zero-order valence-electron chi connectivity index (χ0n) is 4.26. The Kier molecular flexibility index (Phi) is 4.44. The second kappa shape index (κ2) is 4.70. The van der Waals surface area contributed by atoms with Crippen molar-refractivity contribution in [1.29, 1.82) is 0 Å². The van der Waals surface area contributed by atoms with Gasteiger partial charge in [0.2, 0.25) is 0 Å². The first kappa shape index (κ1) is 7.55. The predicted molar refractivity (Wildman–Crippen MR) is 34.6 cm³/mol. The van der Waals surface area contributed by atoms with Gasteiger partial charge in [-0.25, -0.2) is 4.39 Å². The first-order valence-electron chi connectivity index (χ1n) is 2.07. The van der Waals surface area contributed by atoms with E-state index < -0.39 is 6.67 Å². The lowest BCUT2D eigenvalue weighted by atomic mass is 10.7. The lowest BCUT2D eigenvalue weighted by Crippen LogP contribution is -2.24. The highest BCUT2D eigenvalue weighted by atomic mass is 32.1. The molecule has 8 heavy (non-hydrogen) atoms. The molecule has 3 N–H and O–H groups in total. The predicted octanol–water partition coefficient (Wildman–Crippen LogP) is -0.295. The second-order valence-corrected chi connectivity index (χ2v) is 1.29. The Bertz CT molecular complexity index is 84.6. The largest absolute Gasteiger partial charge is 0.369 e. The summed E-state index contributed by atoms with van der Waals surface area (Å²) < 4.78 is 13.5. The van der Waals surface area contributed by atoms with Crippen LogP contribution >= 0.6 is 12.8 Å². The molecule has 0 saturated heterocycles. The van der Waals surface area contributed by atoms with Crippen LogP contribution in [-0.4, -0.2) is 19.2 Å². The molecule has 0 aromatic carbocycles. The minimum absolute atomic E-state index is 0.0966. The van der Waals surface area contributed by atoms with Crippen LogP contribution in [0.2, 0.25) is 0 Å². The SMILES string of the molecule is NC(=NCCF)NS. The van der Waals surface area contributed by atoms with Crippen molar-refractivity contribution in [2.45, 2.75) is 0 Å². The lowest BCUT2D eigenvalue weighted by molar-refractivity contribution is 0.504. The molecule has 0 fully saturated rings. The molecule has 0 atom stereocenters. The highest BCUT2D eigenvalue weighted by Gasteiger charge is 1.81. The number of thiol groups is 1. The summed E-state index contributed by atoms with van der Waals surface area (Å²) in [4.78, 5) is 3.49. The number of aliphatic imine (C=N–C) groups is 1. The fourth-order valence-electron chi connectivity index (χ4n) is 0.198. The van der Waals surface area contributed by atoms with Crippen molar-refractivity contribution in [3.8, 4) is 0 Å². The first-order chi connectivity index (χ1) is 3.81. The van der Waals surface area contributed by atoms with Crippen molar-refractivity contribution >= 4 is 18.8 Å². The molecule has 0 radical (unpaired) electrons. The van der Waals surface area contributed by atoms with Gasteiger partial charge in [0, 0.05) is 0 Å². The summed E-state index contributed by atoms with van der Waals surface area (Å²) >= 11 is 3.56. The number of hydrogen-bond donors (Lipinski definition) is 3. The Balaban J connectivity index is 3.26. The standard InChI is InChI=1S/C3H8FN3S/c4-1-2-6-3(5)7-8/h8H,1-2H2,(H3,5,6,7). The summed E-state index contributed by atoms with van der Waals surface area (Å²) in [5.74, 6) is 0.144. The number of nitrogens with one attached hydrogen (secondary N) is 1. The molecule has 48 valence electrons. The second-order valence-electron chi connectivity index (χ2n) is 1.07. The zero-order valence-corrected chi connectivity index (χ0v) is 5.16. The molecule has 0 rings (SSSR count). The number of alkyl halides is 1. The van der Waals surface area contributed by atoms with Crippen LogP contribution in [0.4, 0.5) is 4.39 Å². The first-order valence-corrected chi connectivity index (χ1v) is 2.52. The third-order valence-corrected chi connectivity index (χ3v) is 0.710. The average Bonchev–Trinajstić information content (AvgIpc) is 1.83. The molecule has 0 aliphatic heterocycles. The molecular weight excluding hydrogens is 129 g/mol. The van der Waals surface area contributed by atoms with E-state index in [1.165, 1.54) is 0 Å². The van der Waals surface area contributed by atoms with Gasteiger partial charge < -0.3 is 10.5 Å². The molecule has 0 aromatic heterocycles. The van der Waals surface area contributed by atoms with Gasteiger partial charge in [0.15, 0.2) is 5.96 Å². The molecule has 0 aliphatic rings. The number of halogens is 1. The molecule has 0 aliphatic carbocycles. The summed E-state index contributed by atoms with van der Waals surface area (Å²) in [6.45, 7) is -0.393. The van der Waals surface area contributed by atoms with Crippen molar-refractivity contribution < 1.29 is 4.39 Å². The van der Waals surface area contributed by atoms with E-state index in [2.05, 4.69) is 22.5 Å². The van der Waals surface area contributed by atoms with Crippen molar-refractivity contribution in [2.24, 2.45) is 10.7 Å². The van der Waals surface area contributed by atoms with Crippen LogP contribution in [0.1, 0.15) is 0 Å². The molecular formula is C3H8FN3S. The number of guanidine groups is 1. The molecule has 0 saturated carbocycles. The van der Waals surface area contributed by atoms with Gasteiger partial charge in [-0.2, -0.15) is 0 Å². The fraction of sp³-hybridized carbons (Fsp3) is 0.667. The summed E-state index contributed by atoms with van der Waals surface area (Å²) in [5, 5.41) is 0. The Labute approximate surface area is 52.7 Å². The molecule has 0 amide bonds. The highest BCUT2D eigenvalue weighted by molar-refractivity contribution is 7.78. The highest BCUT2D eigenvalue weighted by Crippen LogP contribution is 1.71. The maximum atomic E-state index is 11.3. The maximum Gasteiger partial charge on any atom is 0.198 e. The Morgan fingerprint density at radius 2 is 2.50 bits per heavy atom. The van der Waals surface area contributed by atoms with E-state index >= 15 is 0 Å². The van der Waals surface area contributed by atoms with Crippen molar-refractivity contribution in [3.05, 3.63) is 0 Å². The van der Waals surface area contributed by atoms with Crippen molar-refractivity contribution in [3.63, 3.8) is 0 Å². The van der Waals surface area contributed by atoms with E-state index in [-0.39, 0.29) is 12.5 Å². The van der Waals surface area contributed by atoms with Gasteiger partial charge in [0.25, 0.3) is 0 Å². The Morgan fingerprint density at radius 3 is 2.88 bits per heavy atom. The third kappa shape index (κ3) is 3.73. The van der Waals surface area contributed by atoms with Crippen LogP contribution in [0.15, 0.2) is 4.99 Å². The number of hydrogen-bond acceptors (Lipinski definition) is 2. The molecule has 0 unspecified atom stereocenters. The summed E-state index contributed by atoms with van der Waals surface area (Å²) in [6.07, 6.45) is 0. The molecule has 0 bridgehead atoms. The number of nitrogens with two attached hydrogens (primary N) is 1. The summed E-state index contributed by atoms with van der Waals surface area (Å²) in [7, 11) is 0. The fourth-order valence-corrected chi connectivity index (χ4v) is 0.269. The minimum atomic E-state index is -0.490. The van der Waals surface area contributed by atoms with Crippen LogP contribution in [-0.2, 0) is 0 Å². The maximum absolute atomic E-state index is 11.3. The average molecular weight is 137 g/mol. The molecule has 5 heteroatoms. The molecule has 0 heterocycles. The Morgan fingerprint density at radius 1 is 1.88 bits per heavy atom. The monoisotopic (exact) mass is 137 g/mol. The van der Waals surface area contributed by atoms with Crippen molar-refractivity contribution in [1.82, 2.24) is 4.72 Å². The summed E-state index contributed by atoms with van der Waals surface area (Å²) in [5.41, 5.74) is 5.05. The van der Waals surface area contributed by atoms with E-state index in [1.807, 2.05) is 0 Å². The smallest absolute Gasteiger partial charge is 0.198 e. The van der Waals surface area contributed by atoms with E-state index in [4.69, 9.17) is 5.73 Å². The van der Waals surface area contributed by atoms with Gasteiger partial charge in [-0.15, -0.1) is 0 Å². The van der Waals surface area contributed by atoms with Gasteiger partial charge in [-0.3, -0.25) is 4.99 Å². The van der Waals surface area contributed by atoms with Crippen LogP contribution < -0.4 is 10.5 Å². The topological polar surface area (TPSA) is 50.4 Å². The van der Waals surface area contributed by atoms with Gasteiger partial charge in [-0.1, -0.05) is 12.8 Å². The molecule has 3 nitrogen and oxygen atoms in total. The van der Waals surface area contributed by atoms with Crippen LogP contribution in [0.3, 0.4) is 0 Å². The van der Waals surface area contributed by atoms with E-state index in [1.54, 1.807) is 0 Å². The van der Waals surface area contributed by atoms with Crippen LogP contribution in [0, 0.1) is 0 Å². The zero-order chi connectivity index (χ0) is 6.41. The minimum Gasteiger partial charge on any atom is -0.369 e. The van der Waals surface area contributed by atoms with E-state index in [0.29, 0.717) is 0 Å². The Hall–Kier alpha value is -0.450. The normalized spacial score (nSPS) is 11.5. The van der Waals surface area contributed by atoms with E-state index in [9.17, 15) is 4.39 Å². The summed E-state index contributed by atoms with van der Waals surface area (Å²) in [6, 6.07) is 0. The number of rotatable bonds is 2.